The maximum absolute atomic E-state index is 9.08. The number of rotatable bonds is 4. The van der Waals surface area contributed by atoms with E-state index in [9.17, 15) is 0 Å². The van der Waals surface area contributed by atoms with Gasteiger partial charge in [-0.25, -0.2) is 0 Å². The summed E-state index contributed by atoms with van der Waals surface area (Å²) in [6.45, 7) is 0.892. The molecule has 96 valence electrons. The molecule has 1 aliphatic heterocycles. The molecule has 0 saturated carbocycles. The zero-order chi connectivity index (χ0) is 13.7. The monoisotopic (exact) mass is 254 g/mol. The quantitative estimate of drug-likeness (QED) is 0.830. The Hall–Kier alpha value is -2.50. The van der Waals surface area contributed by atoms with Gasteiger partial charge in [0.05, 0.1) is 36.6 Å². The lowest BCUT2D eigenvalue weighted by molar-refractivity contribution is 0.205. The fourth-order valence-corrected chi connectivity index (χ4v) is 1.98. The molecule has 0 fully saturated rings. The second-order valence-corrected chi connectivity index (χ2v) is 4.07. The van der Waals surface area contributed by atoms with Gasteiger partial charge in [-0.1, -0.05) is 0 Å². The zero-order valence-electron chi connectivity index (χ0n) is 10.7. The number of ether oxygens (including phenoxy) is 1. The first-order valence-corrected chi connectivity index (χ1v) is 5.92. The van der Waals surface area contributed by atoms with Crippen molar-refractivity contribution < 1.29 is 4.74 Å². The molecule has 5 nitrogen and oxygen atoms in total. The summed E-state index contributed by atoms with van der Waals surface area (Å²) in [7, 11) is 1.85. The van der Waals surface area contributed by atoms with Gasteiger partial charge in [0.2, 0.25) is 0 Å². The lowest BCUT2D eigenvalue weighted by Crippen LogP contribution is -2.24. The Morgan fingerprint density at radius 3 is 2.58 bits per heavy atom. The normalized spacial score (nSPS) is 13.8. The fraction of sp³-hybridized carbons (Fsp3) is 0.286. The van der Waals surface area contributed by atoms with Crippen molar-refractivity contribution in [2.45, 2.75) is 0 Å². The number of nitriles is 2. The number of nitrogens with zero attached hydrogens (tertiary/aromatic N) is 3. The van der Waals surface area contributed by atoms with E-state index < -0.39 is 0 Å². The summed E-state index contributed by atoms with van der Waals surface area (Å²) in [5, 5.41) is 21.1. The van der Waals surface area contributed by atoms with Crippen LogP contribution in [0, 0.1) is 22.7 Å². The second kappa shape index (κ2) is 5.90. The van der Waals surface area contributed by atoms with E-state index in [1.807, 2.05) is 36.2 Å². The molecule has 1 aliphatic rings. The van der Waals surface area contributed by atoms with Crippen molar-refractivity contribution in [2.75, 3.05) is 37.0 Å². The number of hydrogen-bond donors (Lipinski definition) is 1. The fourth-order valence-electron chi connectivity index (χ4n) is 1.98. The smallest absolute Gasteiger partial charge is 0.110 e. The van der Waals surface area contributed by atoms with Crippen LogP contribution in [0.4, 0.5) is 11.4 Å². The third-order valence-electron chi connectivity index (χ3n) is 2.99. The minimum Gasteiger partial charge on any atom is -0.388 e. The van der Waals surface area contributed by atoms with Crippen LogP contribution in [0.25, 0.3) is 0 Å². The van der Waals surface area contributed by atoms with Crippen molar-refractivity contribution in [3.63, 3.8) is 0 Å². The van der Waals surface area contributed by atoms with Gasteiger partial charge in [0.25, 0.3) is 0 Å². The zero-order valence-corrected chi connectivity index (χ0v) is 10.7. The Bertz CT molecular complexity index is 563. The molecule has 0 atom stereocenters. The highest BCUT2D eigenvalue weighted by Gasteiger charge is 2.21. The third-order valence-corrected chi connectivity index (χ3v) is 2.99. The molecule has 2 rings (SSSR count). The molecule has 5 heteroatoms. The van der Waals surface area contributed by atoms with Gasteiger partial charge in [-0.3, -0.25) is 0 Å². The van der Waals surface area contributed by atoms with Crippen LogP contribution >= 0.6 is 0 Å². The predicted molar refractivity (Wildman–Crippen MR) is 72.4 cm³/mol. The molecule has 0 aliphatic carbocycles. The molecule has 1 N–H and O–H groups in total. The molecule has 0 saturated heterocycles. The Kier molecular flexibility index (Phi) is 4.02. The Morgan fingerprint density at radius 2 is 2.00 bits per heavy atom. The van der Waals surface area contributed by atoms with Gasteiger partial charge in [-0.05, 0) is 24.3 Å². The molecule has 0 radical (unpaired) electrons. The van der Waals surface area contributed by atoms with Gasteiger partial charge < -0.3 is 15.0 Å². The van der Waals surface area contributed by atoms with Crippen LogP contribution in [-0.2, 0) is 4.74 Å². The number of benzene rings is 1. The maximum atomic E-state index is 9.08. The summed E-state index contributed by atoms with van der Waals surface area (Å²) >= 11 is 0. The van der Waals surface area contributed by atoms with Crippen LogP contribution in [0.1, 0.15) is 0 Å². The molecule has 19 heavy (non-hydrogen) atoms. The van der Waals surface area contributed by atoms with Gasteiger partial charge in [-0.15, -0.1) is 0 Å². The highest BCUT2D eigenvalue weighted by atomic mass is 16.5. The van der Waals surface area contributed by atoms with Gasteiger partial charge in [-0.2, -0.15) is 10.5 Å². The van der Waals surface area contributed by atoms with Crippen molar-refractivity contribution in [1.29, 1.82) is 10.5 Å². The first-order chi connectivity index (χ1) is 9.30. The van der Waals surface area contributed by atoms with E-state index in [0.29, 0.717) is 18.8 Å². The van der Waals surface area contributed by atoms with Crippen molar-refractivity contribution >= 4 is 11.4 Å². The average molecular weight is 254 g/mol. The van der Waals surface area contributed by atoms with Crippen LogP contribution < -0.4 is 10.2 Å². The van der Waals surface area contributed by atoms with Crippen LogP contribution in [0.5, 0.6) is 0 Å². The standard InChI is InChI=1S/C14H14N4O/c1-17-12-2-4-13(5-3-12)18(7-6-15)14-10-19-9-11(14)8-16/h2-5,17H,7,9-10H2,1H3. The summed E-state index contributed by atoms with van der Waals surface area (Å²) in [5.74, 6) is 0. The Balaban J connectivity index is 2.35. The van der Waals surface area contributed by atoms with E-state index >= 15 is 0 Å². The van der Waals surface area contributed by atoms with Crippen LogP contribution in [-0.4, -0.2) is 26.8 Å². The SMILES string of the molecule is CNc1ccc(N(CC#N)C2=C(C#N)COC2)cc1. The van der Waals surface area contributed by atoms with Crippen molar-refractivity contribution in [2.24, 2.45) is 0 Å². The molecule has 1 aromatic carbocycles. The highest BCUT2D eigenvalue weighted by Crippen LogP contribution is 2.25. The minimum absolute atomic E-state index is 0.197. The predicted octanol–water partition coefficient (Wildman–Crippen LogP) is 1.87. The van der Waals surface area contributed by atoms with E-state index in [0.717, 1.165) is 17.1 Å². The molecule has 1 heterocycles. The van der Waals surface area contributed by atoms with Crippen LogP contribution in [0.3, 0.4) is 0 Å². The summed E-state index contributed by atoms with van der Waals surface area (Å²) in [4.78, 5) is 1.82. The summed E-state index contributed by atoms with van der Waals surface area (Å²) in [6.07, 6.45) is 0. The minimum atomic E-state index is 0.197. The van der Waals surface area contributed by atoms with Crippen molar-refractivity contribution in [3.05, 3.63) is 35.5 Å². The van der Waals surface area contributed by atoms with E-state index in [1.54, 1.807) is 0 Å². The molecule has 0 bridgehead atoms. The molecule has 0 unspecified atom stereocenters. The summed E-state index contributed by atoms with van der Waals surface area (Å²) in [6, 6.07) is 12.0. The molecular weight excluding hydrogens is 240 g/mol. The summed E-state index contributed by atoms with van der Waals surface area (Å²) in [5.41, 5.74) is 3.25. The number of hydrogen-bond acceptors (Lipinski definition) is 5. The first kappa shape index (κ1) is 12.9. The van der Waals surface area contributed by atoms with E-state index in [2.05, 4.69) is 17.5 Å². The highest BCUT2D eigenvalue weighted by molar-refractivity contribution is 5.60. The third kappa shape index (κ3) is 2.67. The number of anilines is 2. The largest absolute Gasteiger partial charge is 0.388 e. The van der Waals surface area contributed by atoms with Crippen molar-refractivity contribution in [3.8, 4) is 12.1 Å². The Morgan fingerprint density at radius 1 is 1.26 bits per heavy atom. The second-order valence-electron chi connectivity index (χ2n) is 4.07. The van der Waals surface area contributed by atoms with Gasteiger partial charge in [0.1, 0.15) is 6.54 Å². The number of nitrogens with one attached hydrogen (secondary N) is 1. The van der Waals surface area contributed by atoms with Crippen LogP contribution in [0.2, 0.25) is 0 Å². The van der Waals surface area contributed by atoms with Gasteiger partial charge >= 0.3 is 0 Å². The topological polar surface area (TPSA) is 72.1 Å². The van der Waals surface area contributed by atoms with E-state index in [-0.39, 0.29) is 6.54 Å². The Labute approximate surface area is 112 Å². The molecule has 0 aromatic heterocycles. The lowest BCUT2D eigenvalue weighted by atomic mass is 10.2. The molecular formula is C14H14N4O. The summed E-state index contributed by atoms with van der Waals surface area (Å²) < 4.78 is 5.29. The maximum Gasteiger partial charge on any atom is 0.110 e. The van der Waals surface area contributed by atoms with E-state index in [1.165, 1.54) is 0 Å². The first-order valence-electron chi connectivity index (χ1n) is 5.92. The van der Waals surface area contributed by atoms with Gasteiger partial charge in [0.15, 0.2) is 0 Å². The van der Waals surface area contributed by atoms with Gasteiger partial charge in [0, 0.05) is 18.4 Å². The van der Waals surface area contributed by atoms with Crippen LogP contribution in [0.15, 0.2) is 35.5 Å². The average Bonchev–Trinajstić information content (AvgIpc) is 2.93. The van der Waals surface area contributed by atoms with Crippen molar-refractivity contribution in [1.82, 2.24) is 0 Å². The molecule has 1 aromatic rings. The molecule has 0 spiro atoms. The van der Waals surface area contributed by atoms with E-state index in [4.69, 9.17) is 15.3 Å². The molecule has 0 amide bonds. The lowest BCUT2D eigenvalue weighted by Gasteiger charge is -2.23.